The van der Waals surface area contributed by atoms with E-state index in [1.807, 2.05) is 32.9 Å². The van der Waals surface area contributed by atoms with Crippen molar-refractivity contribution in [3.8, 4) is 11.5 Å². The molecular weight excluding hydrogens is 266 g/mol. The van der Waals surface area contributed by atoms with Gasteiger partial charge in [-0.25, -0.2) is 0 Å². The minimum atomic E-state index is -0.707. The van der Waals surface area contributed by atoms with Gasteiger partial charge in [-0.1, -0.05) is 26.8 Å². The number of rotatable bonds is 6. The van der Waals surface area contributed by atoms with Crippen molar-refractivity contribution in [2.75, 3.05) is 19.8 Å². The Morgan fingerprint density at radius 1 is 1.24 bits per heavy atom. The summed E-state index contributed by atoms with van der Waals surface area (Å²) in [6.45, 7) is 9.86. The van der Waals surface area contributed by atoms with E-state index in [0.717, 1.165) is 17.9 Å². The average molecular weight is 293 g/mol. The Labute approximate surface area is 127 Å². The molecule has 2 rings (SSSR count). The lowest BCUT2D eigenvalue weighted by molar-refractivity contribution is 0.0116. The van der Waals surface area contributed by atoms with Crippen molar-refractivity contribution in [3.05, 3.63) is 23.8 Å². The maximum atomic E-state index is 10.4. The molecule has 1 heterocycles. The number of ether oxygens (including phenoxy) is 2. The average Bonchev–Trinajstić information content (AvgIpc) is 2.47. The van der Waals surface area contributed by atoms with Gasteiger partial charge in [-0.15, -0.1) is 0 Å². The lowest BCUT2D eigenvalue weighted by atomic mass is 9.91. The predicted molar refractivity (Wildman–Crippen MR) is 83.9 cm³/mol. The van der Waals surface area contributed by atoms with E-state index in [0.29, 0.717) is 19.8 Å². The van der Waals surface area contributed by atoms with E-state index in [9.17, 15) is 5.11 Å². The molecule has 1 aliphatic rings. The Morgan fingerprint density at radius 3 is 2.52 bits per heavy atom. The van der Waals surface area contributed by atoms with Crippen LogP contribution in [0.3, 0.4) is 0 Å². The monoisotopic (exact) mass is 293 g/mol. The number of hydrogen-bond donors (Lipinski definition) is 2. The highest BCUT2D eigenvalue weighted by atomic mass is 16.6. The van der Waals surface area contributed by atoms with Gasteiger partial charge in [0.25, 0.3) is 0 Å². The second kappa shape index (κ2) is 6.67. The van der Waals surface area contributed by atoms with E-state index in [1.54, 1.807) is 0 Å². The molecule has 4 nitrogen and oxygen atoms in total. The van der Waals surface area contributed by atoms with Gasteiger partial charge in [0.2, 0.25) is 0 Å². The minimum Gasteiger partial charge on any atom is -0.486 e. The predicted octanol–water partition coefficient (Wildman–Crippen LogP) is 2.91. The number of hydrogen-bond acceptors (Lipinski definition) is 4. The van der Waals surface area contributed by atoms with E-state index in [2.05, 4.69) is 18.3 Å². The SMILES string of the molecule is CCC(NCC(C)(O)C(C)C)c1ccc2c(c1)OCCO2. The van der Waals surface area contributed by atoms with E-state index in [1.165, 1.54) is 5.56 Å². The summed E-state index contributed by atoms with van der Waals surface area (Å²) >= 11 is 0. The Bertz CT molecular complexity index is 471. The fourth-order valence-corrected chi connectivity index (χ4v) is 2.31. The van der Waals surface area contributed by atoms with Crippen LogP contribution in [0.2, 0.25) is 0 Å². The van der Waals surface area contributed by atoms with E-state index in [-0.39, 0.29) is 12.0 Å². The van der Waals surface area contributed by atoms with Crippen LogP contribution in [-0.4, -0.2) is 30.5 Å². The second-order valence-corrected chi connectivity index (χ2v) is 6.26. The molecule has 1 aromatic carbocycles. The summed E-state index contributed by atoms with van der Waals surface area (Å²) in [5.74, 6) is 1.84. The number of nitrogens with one attached hydrogen (secondary N) is 1. The van der Waals surface area contributed by atoms with Crippen molar-refractivity contribution < 1.29 is 14.6 Å². The topological polar surface area (TPSA) is 50.7 Å². The molecule has 0 aliphatic carbocycles. The summed E-state index contributed by atoms with van der Waals surface area (Å²) in [4.78, 5) is 0. The van der Waals surface area contributed by atoms with Crippen molar-refractivity contribution >= 4 is 0 Å². The summed E-state index contributed by atoms with van der Waals surface area (Å²) in [6.07, 6.45) is 0.952. The summed E-state index contributed by atoms with van der Waals surface area (Å²) in [7, 11) is 0. The molecule has 0 aromatic heterocycles. The summed E-state index contributed by atoms with van der Waals surface area (Å²) < 4.78 is 11.2. The Kier molecular flexibility index (Phi) is 5.12. The summed E-state index contributed by atoms with van der Waals surface area (Å²) in [6, 6.07) is 6.28. The first-order valence-corrected chi connectivity index (χ1v) is 7.79. The van der Waals surface area contributed by atoms with Crippen LogP contribution < -0.4 is 14.8 Å². The van der Waals surface area contributed by atoms with Crippen molar-refractivity contribution in [2.24, 2.45) is 5.92 Å². The molecular formula is C17H27NO3. The molecule has 2 N–H and O–H groups in total. The standard InChI is InChI=1S/C17H27NO3/c1-5-14(18-11-17(4,19)12(2)3)13-6-7-15-16(10-13)21-9-8-20-15/h6-7,10,12,14,18-19H,5,8-9,11H2,1-4H3. The van der Waals surface area contributed by atoms with E-state index < -0.39 is 5.60 Å². The molecule has 1 aromatic rings. The molecule has 0 saturated heterocycles. The number of benzene rings is 1. The van der Waals surface area contributed by atoms with E-state index in [4.69, 9.17) is 9.47 Å². The third-order valence-electron chi connectivity index (χ3n) is 4.33. The minimum absolute atomic E-state index is 0.200. The molecule has 118 valence electrons. The molecule has 0 radical (unpaired) electrons. The zero-order valence-corrected chi connectivity index (χ0v) is 13.5. The smallest absolute Gasteiger partial charge is 0.161 e. The Balaban J connectivity index is 2.07. The van der Waals surface area contributed by atoms with Gasteiger partial charge in [-0.3, -0.25) is 0 Å². The van der Waals surface area contributed by atoms with Gasteiger partial charge in [-0.2, -0.15) is 0 Å². The molecule has 0 spiro atoms. The maximum absolute atomic E-state index is 10.4. The number of fused-ring (bicyclic) bond motifs is 1. The fraction of sp³-hybridized carbons (Fsp3) is 0.647. The molecule has 1 aliphatic heterocycles. The quantitative estimate of drug-likeness (QED) is 0.847. The van der Waals surface area contributed by atoms with Crippen LogP contribution in [0.4, 0.5) is 0 Å². The number of aliphatic hydroxyl groups is 1. The summed E-state index contributed by atoms with van der Waals surface area (Å²) in [5.41, 5.74) is 0.461. The molecule has 2 atom stereocenters. The molecule has 0 amide bonds. The Hall–Kier alpha value is -1.26. The van der Waals surface area contributed by atoms with Crippen LogP contribution in [0.5, 0.6) is 11.5 Å². The van der Waals surface area contributed by atoms with Crippen molar-refractivity contribution in [2.45, 2.75) is 45.8 Å². The van der Waals surface area contributed by atoms with Gasteiger partial charge >= 0.3 is 0 Å². The van der Waals surface area contributed by atoms with Crippen molar-refractivity contribution in [3.63, 3.8) is 0 Å². The van der Waals surface area contributed by atoms with Crippen LogP contribution in [-0.2, 0) is 0 Å². The fourth-order valence-electron chi connectivity index (χ4n) is 2.31. The highest BCUT2D eigenvalue weighted by Gasteiger charge is 2.26. The Morgan fingerprint density at radius 2 is 1.90 bits per heavy atom. The van der Waals surface area contributed by atoms with Crippen LogP contribution in [0.15, 0.2) is 18.2 Å². The lowest BCUT2D eigenvalue weighted by Gasteiger charge is -2.31. The van der Waals surface area contributed by atoms with Crippen LogP contribution >= 0.6 is 0 Å². The largest absolute Gasteiger partial charge is 0.486 e. The molecule has 0 bridgehead atoms. The van der Waals surface area contributed by atoms with Crippen LogP contribution in [0.25, 0.3) is 0 Å². The maximum Gasteiger partial charge on any atom is 0.161 e. The highest BCUT2D eigenvalue weighted by Crippen LogP contribution is 2.33. The van der Waals surface area contributed by atoms with Gasteiger partial charge in [0, 0.05) is 12.6 Å². The summed E-state index contributed by atoms with van der Waals surface area (Å²) in [5, 5.41) is 13.8. The molecule has 0 fully saturated rings. The van der Waals surface area contributed by atoms with Gasteiger partial charge < -0.3 is 19.9 Å². The van der Waals surface area contributed by atoms with Gasteiger partial charge in [0.1, 0.15) is 13.2 Å². The zero-order chi connectivity index (χ0) is 15.5. The second-order valence-electron chi connectivity index (χ2n) is 6.26. The third kappa shape index (κ3) is 3.89. The first-order valence-electron chi connectivity index (χ1n) is 7.79. The molecule has 21 heavy (non-hydrogen) atoms. The van der Waals surface area contributed by atoms with Crippen LogP contribution in [0.1, 0.15) is 45.7 Å². The third-order valence-corrected chi connectivity index (χ3v) is 4.33. The molecule has 2 unspecified atom stereocenters. The zero-order valence-electron chi connectivity index (χ0n) is 13.5. The lowest BCUT2D eigenvalue weighted by Crippen LogP contribution is -2.43. The molecule has 4 heteroatoms. The first kappa shape index (κ1) is 16.1. The van der Waals surface area contributed by atoms with Gasteiger partial charge in [-0.05, 0) is 37.0 Å². The highest BCUT2D eigenvalue weighted by molar-refractivity contribution is 5.44. The van der Waals surface area contributed by atoms with Gasteiger partial charge in [0.15, 0.2) is 11.5 Å². The molecule has 0 saturated carbocycles. The normalized spacial score (nSPS) is 18.4. The van der Waals surface area contributed by atoms with Gasteiger partial charge in [0.05, 0.1) is 5.60 Å². The van der Waals surface area contributed by atoms with E-state index >= 15 is 0 Å². The van der Waals surface area contributed by atoms with Crippen molar-refractivity contribution in [1.29, 1.82) is 0 Å². The first-order chi connectivity index (χ1) is 9.94. The van der Waals surface area contributed by atoms with Crippen LogP contribution in [0, 0.1) is 5.92 Å². The van der Waals surface area contributed by atoms with Crippen molar-refractivity contribution in [1.82, 2.24) is 5.32 Å².